The van der Waals surface area contributed by atoms with E-state index in [2.05, 4.69) is 24.1 Å². The largest absolute Gasteiger partial charge is 0.496 e. The minimum Gasteiger partial charge on any atom is -0.496 e. The molecule has 1 aromatic carbocycles. The number of hydrogen-bond acceptors (Lipinski definition) is 5. The zero-order valence-electron chi connectivity index (χ0n) is 19.0. The second-order valence-electron chi connectivity index (χ2n) is 7.82. The highest BCUT2D eigenvalue weighted by atomic mass is 16.5. The van der Waals surface area contributed by atoms with Crippen molar-refractivity contribution in [2.75, 3.05) is 27.4 Å². The standard InChI is InChI=1S/C26H37NO4/c1-5-7-16-26(28,17-8-6-2)25-15-14-23(31-25)21-27(18-11-19-29-3)20-22-12-9-10-13-24(22)30-4/h5-6,9-10,12-15,28H,1-2,7-8,11,16-21H2,3-4H3. The molecule has 0 atom stereocenters. The van der Waals surface area contributed by atoms with Gasteiger partial charge in [0.1, 0.15) is 22.9 Å². The molecule has 0 aliphatic heterocycles. The fourth-order valence-corrected chi connectivity index (χ4v) is 3.71. The summed E-state index contributed by atoms with van der Waals surface area (Å²) in [5, 5.41) is 11.2. The molecule has 170 valence electrons. The maximum absolute atomic E-state index is 11.2. The molecule has 5 nitrogen and oxygen atoms in total. The summed E-state index contributed by atoms with van der Waals surface area (Å²) in [6.07, 6.45) is 7.18. The first-order valence-electron chi connectivity index (χ1n) is 10.9. The molecular formula is C26H37NO4. The van der Waals surface area contributed by atoms with Crippen molar-refractivity contribution in [2.24, 2.45) is 0 Å². The quantitative estimate of drug-likeness (QED) is 0.285. The van der Waals surface area contributed by atoms with E-state index in [4.69, 9.17) is 13.9 Å². The van der Waals surface area contributed by atoms with Crippen LogP contribution in [-0.4, -0.2) is 37.4 Å². The van der Waals surface area contributed by atoms with Crippen molar-refractivity contribution in [2.45, 2.75) is 50.8 Å². The molecule has 0 aliphatic rings. The molecule has 1 N–H and O–H groups in total. The number of furan rings is 1. The van der Waals surface area contributed by atoms with Gasteiger partial charge in [-0.2, -0.15) is 0 Å². The van der Waals surface area contributed by atoms with E-state index in [9.17, 15) is 5.11 Å². The molecule has 31 heavy (non-hydrogen) atoms. The Morgan fingerprint density at radius 2 is 1.74 bits per heavy atom. The van der Waals surface area contributed by atoms with Crippen LogP contribution in [0.15, 0.2) is 66.1 Å². The van der Waals surface area contributed by atoms with Crippen LogP contribution in [-0.2, 0) is 23.4 Å². The first-order chi connectivity index (χ1) is 15.1. The van der Waals surface area contributed by atoms with Gasteiger partial charge in [0, 0.05) is 32.4 Å². The van der Waals surface area contributed by atoms with Crippen LogP contribution in [0.4, 0.5) is 0 Å². The van der Waals surface area contributed by atoms with Crippen molar-refractivity contribution in [3.05, 3.63) is 78.8 Å². The first-order valence-corrected chi connectivity index (χ1v) is 10.9. The molecule has 0 radical (unpaired) electrons. The fourth-order valence-electron chi connectivity index (χ4n) is 3.71. The van der Waals surface area contributed by atoms with Gasteiger partial charge in [-0.25, -0.2) is 0 Å². The Hall–Kier alpha value is -2.34. The third-order valence-electron chi connectivity index (χ3n) is 5.43. The zero-order chi connectivity index (χ0) is 22.5. The Labute approximate surface area is 187 Å². The van der Waals surface area contributed by atoms with Gasteiger partial charge in [0.05, 0.1) is 13.7 Å². The highest BCUT2D eigenvalue weighted by molar-refractivity contribution is 5.33. The summed E-state index contributed by atoms with van der Waals surface area (Å²) in [4.78, 5) is 2.31. The summed E-state index contributed by atoms with van der Waals surface area (Å²) in [7, 11) is 3.41. The summed E-state index contributed by atoms with van der Waals surface area (Å²) < 4.78 is 16.9. The van der Waals surface area contributed by atoms with Crippen molar-refractivity contribution in [1.29, 1.82) is 0 Å². The van der Waals surface area contributed by atoms with E-state index in [0.717, 1.165) is 49.4 Å². The molecule has 2 aromatic rings. The Morgan fingerprint density at radius 1 is 1.03 bits per heavy atom. The molecule has 5 heteroatoms. The van der Waals surface area contributed by atoms with Crippen LogP contribution < -0.4 is 4.74 Å². The lowest BCUT2D eigenvalue weighted by atomic mass is 9.89. The van der Waals surface area contributed by atoms with Gasteiger partial charge in [-0.1, -0.05) is 30.4 Å². The molecule has 0 saturated carbocycles. The molecule has 0 amide bonds. The SMILES string of the molecule is C=CCCC(O)(CCC=C)c1ccc(CN(CCCOC)Cc2ccccc2OC)o1. The lowest BCUT2D eigenvalue weighted by Crippen LogP contribution is -2.26. The van der Waals surface area contributed by atoms with Crippen LogP contribution in [0, 0.1) is 0 Å². The first kappa shape index (κ1) is 24.9. The van der Waals surface area contributed by atoms with Crippen LogP contribution in [0.1, 0.15) is 49.2 Å². The Morgan fingerprint density at radius 3 is 2.39 bits per heavy atom. The summed E-state index contributed by atoms with van der Waals surface area (Å²) >= 11 is 0. The second-order valence-corrected chi connectivity index (χ2v) is 7.82. The van der Waals surface area contributed by atoms with E-state index >= 15 is 0 Å². The molecule has 2 rings (SSSR count). The Balaban J connectivity index is 2.17. The smallest absolute Gasteiger partial charge is 0.135 e. The van der Waals surface area contributed by atoms with E-state index in [1.165, 1.54) is 0 Å². The lowest BCUT2D eigenvalue weighted by Gasteiger charge is -2.26. The predicted molar refractivity (Wildman–Crippen MR) is 125 cm³/mol. The van der Waals surface area contributed by atoms with Gasteiger partial charge in [0.2, 0.25) is 0 Å². The number of allylic oxidation sites excluding steroid dienone is 2. The van der Waals surface area contributed by atoms with Crippen LogP contribution in [0.25, 0.3) is 0 Å². The van der Waals surface area contributed by atoms with Gasteiger partial charge in [0.25, 0.3) is 0 Å². The van der Waals surface area contributed by atoms with Gasteiger partial charge in [0.15, 0.2) is 0 Å². The molecule has 0 fully saturated rings. The number of hydrogen-bond donors (Lipinski definition) is 1. The van der Waals surface area contributed by atoms with Gasteiger partial charge in [-0.15, -0.1) is 13.2 Å². The minimum atomic E-state index is -1.01. The number of aliphatic hydroxyl groups is 1. The lowest BCUT2D eigenvalue weighted by molar-refractivity contribution is -0.00218. The third kappa shape index (κ3) is 7.69. The van der Waals surface area contributed by atoms with Gasteiger partial charge in [-0.3, -0.25) is 4.90 Å². The highest BCUT2D eigenvalue weighted by Gasteiger charge is 2.31. The normalized spacial score (nSPS) is 11.6. The zero-order valence-corrected chi connectivity index (χ0v) is 19.0. The van der Waals surface area contributed by atoms with Crippen LogP contribution in [0.5, 0.6) is 5.75 Å². The molecule has 0 spiro atoms. The van der Waals surface area contributed by atoms with Crippen molar-refractivity contribution < 1.29 is 19.0 Å². The van der Waals surface area contributed by atoms with Crippen molar-refractivity contribution in [3.8, 4) is 5.75 Å². The number of ether oxygens (including phenoxy) is 2. The van der Waals surface area contributed by atoms with Crippen LogP contribution in [0.3, 0.4) is 0 Å². The number of nitrogens with zero attached hydrogens (tertiary/aromatic N) is 1. The van der Waals surface area contributed by atoms with E-state index in [0.29, 0.717) is 31.8 Å². The second kappa shape index (κ2) is 13.2. The monoisotopic (exact) mass is 427 g/mol. The maximum atomic E-state index is 11.2. The minimum absolute atomic E-state index is 0.579. The molecular weight excluding hydrogens is 390 g/mol. The third-order valence-corrected chi connectivity index (χ3v) is 5.43. The van der Waals surface area contributed by atoms with E-state index in [-0.39, 0.29) is 0 Å². The predicted octanol–water partition coefficient (Wildman–Crippen LogP) is 5.45. The number of para-hydroxylation sites is 1. The summed E-state index contributed by atoms with van der Waals surface area (Å²) in [5.41, 5.74) is 0.118. The average Bonchev–Trinajstić information content (AvgIpc) is 3.26. The van der Waals surface area contributed by atoms with E-state index in [1.54, 1.807) is 14.2 Å². The van der Waals surface area contributed by atoms with Gasteiger partial charge < -0.3 is 19.0 Å². The molecule has 0 aliphatic carbocycles. The molecule has 0 bridgehead atoms. The molecule has 0 unspecified atom stereocenters. The summed E-state index contributed by atoms with van der Waals surface area (Å²) in [5.74, 6) is 2.32. The number of benzene rings is 1. The summed E-state index contributed by atoms with van der Waals surface area (Å²) in [6.45, 7) is 10.5. The van der Waals surface area contributed by atoms with E-state index in [1.807, 2.05) is 42.5 Å². The van der Waals surface area contributed by atoms with E-state index < -0.39 is 5.60 Å². The Bertz CT molecular complexity index is 786. The van der Waals surface area contributed by atoms with Gasteiger partial charge >= 0.3 is 0 Å². The molecule has 0 saturated heterocycles. The molecule has 1 heterocycles. The molecule has 1 aromatic heterocycles. The summed E-state index contributed by atoms with van der Waals surface area (Å²) in [6, 6.07) is 11.9. The van der Waals surface area contributed by atoms with Crippen LogP contribution in [0.2, 0.25) is 0 Å². The van der Waals surface area contributed by atoms with Gasteiger partial charge in [-0.05, 0) is 50.3 Å². The van der Waals surface area contributed by atoms with Crippen molar-refractivity contribution in [1.82, 2.24) is 4.90 Å². The van der Waals surface area contributed by atoms with Crippen molar-refractivity contribution in [3.63, 3.8) is 0 Å². The van der Waals surface area contributed by atoms with Crippen molar-refractivity contribution >= 4 is 0 Å². The number of rotatable bonds is 16. The van der Waals surface area contributed by atoms with Crippen LogP contribution >= 0.6 is 0 Å². The number of methoxy groups -OCH3 is 2. The topological polar surface area (TPSA) is 55.1 Å². The maximum Gasteiger partial charge on any atom is 0.135 e. The average molecular weight is 428 g/mol. The fraction of sp³-hybridized carbons (Fsp3) is 0.462. The highest BCUT2D eigenvalue weighted by Crippen LogP contribution is 2.33. The Kier molecular flexibility index (Phi) is 10.6.